The third kappa shape index (κ3) is 4.88. The highest BCUT2D eigenvalue weighted by Crippen LogP contribution is 2.28. The van der Waals surface area contributed by atoms with Gasteiger partial charge < -0.3 is 5.11 Å². The van der Waals surface area contributed by atoms with Crippen molar-refractivity contribution in [3.8, 4) is 11.3 Å². The van der Waals surface area contributed by atoms with E-state index in [1.165, 1.54) is 29.5 Å². The molecule has 5 nitrogen and oxygen atoms in total. The summed E-state index contributed by atoms with van der Waals surface area (Å²) in [5, 5.41) is 11.5. The maximum Gasteiger partial charge on any atom is 0.317 e. The van der Waals surface area contributed by atoms with Crippen molar-refractivity contribution in [1.82, 2.24) is 14.8 Å². The van der Waals surface area contributed by atoms with Crippen molar-refractivity contribution in [2.45, 2.75) is 32.4 Å². The molecule has 3 rings (SSSR count). The molecule has 1 aromatic carbocycles. The zero-order valence-corrected chi connectivity index (χ0v) is 16.0. The number of carboxylic acid groups (broad SMARTS) is 1. The first-order chi connectivity index (χ1) is 13.0. The predicted molar refractivity (Wildman–Crippen MR) is 101 cm³/mol. The van der Waals surface area contributed by atoms with Gasteiger partial charge in [0.1, 0.15) is 16.6 Å². The SMILES string of the molecule is CCN(CC(=O)O)C1CCN(Cc2nc(-c3c(F)cccc3F)cs2)CC1. The minimum Gasteiger partial charge on any atom is -0.480 e. The molecule has 1 N–H and O–H groups in total. The number of aromatic nitrogens is 1. The number of likely N-dealkylation sites (tertiary alicyclic amines) is 1. The van der Waals surface area contributed by atoms with E-state index in [0.29, 0.717) is 12.2 Å². The van der Waals surface area contributed by atoms with Gasteiger partial charge in [0.05, 0.1) is 24.3 Å². The first kappa shape index (κ1) is 19.9. The Hall–Kier alpha value is -1.90. The van der Waals surface area contributed by atoms with Crippen molar-refractivity contribution >= 4 is 17.3 Å². The van der Waals surface area contributed by atoms with Crippen LogP contribution in [0.4, 0.5) is 8.78 Å². The van der Waals surface area contributed by atoms with Gasteiger partial charge in [-0.15, -0.1) is 11.3 Å². The van der Waals surface area contributed by atoms with E-state index in [4.69, 9.17) is 5.11 Å². The Bertz CT molecular complexity index is 771. The van der Waals surface area contributed by atoms with E-state index in [2.05, 4.69) is 9.88 Å². The zero-order valence-electron chi connectivity index (χ0n) is 15.2. The van der Waals surface area contributed by atoms with E-state index >= 15 is 0 Å². The highest BCUT2D eigenvalue weighted by molar-refractivity contribution is 7.09. The van der Waals surface area contributed by atoms with Crippen LogP contribution in [-0.2, 0) is 11.3 Å². The van der Waals surface area contributed by atoms with Crippen LogP contribution in [0.5, 0.6) is 0 Å². The van der Waals surface area contributed by atoms with Crippen LogP contribution in [0.1, 0.15) is 24.8 Å². The number of hydrogen-bond donors (Lipinski definition) is 1. The van der Waals surface area contributed by atoms with E-state index in [1.807, 2.05) is 11.8 Å². The van der Waals surface area contributed by atoms with E-state index in [-0.39, 0.29) is 18.2 Å². The molecule has 0 radical (unpaired) electrons. The molecule has 1 aliphatic heterocycles. The molecule has 1 aliphatic rings. The normalized spacial score (nSPS) is 16.1. The summed E-state index contributed by atoms with van der Waals surface area (Å²) < 4.78 is 27.8. The number of carbonyl (C=O) groups is 1. The summed E-state index contributed by atoms with van der Waals surface area (Å²) in [6.07, 6.45) is 1.81. The number of piperidine rings is 1. The number of benzene rings is 1. The van der Waals surface area contributed by atoms with Crippen LogP contribution in [0, 0.1) is 11.6 Å². The Morgan fingerprint density at radius 1 is 1.33 bits per heavy atom. The van der Waals surface area contributed by atoms with Gasteiger partial charge in [0.25, 0.3) is 0 Å². The van der Waals surface area contributed by atoms with Crippen LogP contribution >= 0.6 is 11.3 Å². The molecule has 2 heterocycles. The number of hydrogen-bond acceptors (Lipinski definition) is 5. The average Bonchev–Trinajstić information content (AvgIpc) is 3.08. The van der Waals surface area contributed by atoms with Gasteiger partial charge >= 0.3 is 5.97 Å². The molecule has 0 amide bonds. The summed E-state index contributed by atoms with van der Waals surface area (Å²) in [6.45, 7) is 5.12. The van der Waals surface area contributed by atoms with Crippen molar-refractivity contribution < 1.29 is 18.7 Å². The Morgan fingerprint density at radius 2 is 2.00 bits per heavy atom. The molecule has 2 aromatic rings. The van der Waals surface area contributed by atoms with Crippen molar-refractivity contribution in [3.05, 3.63) is 40.2 Å². The second kappa shape index (κ2) is 8.86. The summed E-state index contributed by atoms with van der Waals surface area (Å²) in [6, 6.07) is 4.09. The molecule has 146 valence electrons. The summed E-state index contributed by atoms with van der Waals surface area (Å²) >= 11 is 1.40. The average molecular weight is 395 g/mol. The number of rotatable bonds is 7. The molecule has 0 unspecified atom stereocenters. The first-order valence-electron chi connectivity index (χ1n) is 9.05. The molecule has 0 spiro atoms. The minimum atomic E-state index is -0.796. The second-order valence-electron chi connectivity index (χ2n) is 6.69. The molecule has 8 heteroatoms. The fraction of sp³-hybridized carbons (Fsp3) is 0.474. The first-order valence-corrected chi connectivity index (χ1v) is 9.93. The third-order valence-electron chi connectivity index (χ3n) is 4.95. The molecule has 1 fully saturated rings. The maximum atomic E-state index is 13.9. The molecule has 0 bridgehead atoms. The molecular weight excluding hydrogens is 372 g/mol. The van der Waals surface area contributed by atoms with Gasteiger partial charge in [-0.1, -0.05) is 13.0 Å². The largest absolute Gasteiger partial charge is 0.480 e. The van der Waals surface area contributed by atoms with Crippen molar-refractivity contribution in [3.63, 3.8) is 0 Å². The Labute approximate surface area is 161 Å². The van der Waals surface area contributed by atoms with Gasteiger partial charge in [-0.05, 0) is 31.5 Å². The molecule has 0 atom stereocenters. The molecule has 1 saturated heterocycles. The Balaban J connectivity index is 1.59. The van der Waals surface area contributed by atoms with Crippen LogP contribution < -0.4 is 0 Å². The number of likely N-dealkylation sites (N-methyl/N-ethyl adjacent to an activating group) is 1. The number of carboxylic acids is 1. The number of nitrogens with zero attached hydrogens (tertiary/aromatic N) is 3. The zero-order chi connectivity index (χ0) is 19.4. The smallest absolute Gasteiger partial charge is 0.317 e. The Kier molecular flexibility index (Phi) is 6.51. The maximum absolute atomic E-state index is 13.9. The fourth-order valence-electron chi connectivity index (χ4n) is 3.55. The standard InChI is InChI=1S/C19H23F2N3O2S/c1-2-24(11-18(25)26)13-6-8-23(9-7-13)10-17-22-16(12-27-17)19-14(20)4-3-5-15(19)21/h3-5,12-13H,2,6-11H2,1H3,(H,25,26). The lowest BCUT2D eigenvalue weighted by atomic mass is 10.0. The van der Waals surface area contributed by atoms with E-state index in [1.54, 1.807) is 5.38 Å². The monoisotopic (exact) mass is 395 g/mol. The van der Waals surface area contributed by atoms with Gasteiger partial charge in [0, 0.05) is 24.5 Å². The van der Waals surface area contributed by atoms with Crippen LogP contribution in [-0.4, -0.2) is 58.1 Å². The summed E-state index contributed by atoms with van der Waals surface area (Å²) in [5.41, 5.74) is 0.255. The molecular formula is C19H23F2N3O2S. The van der Waals surface area contributed by atoms with Crippen molar-refractivity contribution in [1.29, 1.82) is 0 Å². The van der Waals surface area contributed by atoms with Gasteiger partial charge in [-0.3, -0.25) is 14.6 Å². The highest BCUT2D eigenvalue weighted by Gasteiger charge is 2.25. The number of halogens is 2. The van der Waals surface area contributed by atoms with Crippen LogP contribution in [0.15, 0.2) is 23.6 Å². The lowest BCUT2D eigenvalue weighted by molar-refractivity contribution is -0.139. The lowest BCUT2D eigenvalue weighted by Gasteiger charge is -2.37. The Morgan fingerprint density at radius 3 is 2.59 bits per heavy atom. The van der Waals surface area contributed by atoms with Crippen LogP contribution in [0.3, 0.4) is 0 Å². The number of aliphatic carboxylic acids is 1. The summed E-state index contributed by atoms with van der Waals surface area (Å²) in [5.74, 6) is -2.01. The fourth-order valence-corrected chi connectivity index (χ4v) is 4.37. The molecule has 0 saturated carbocycles. The quantitative estimate of drug-likeness (QED) is 0.778. The van der Waals surface area contributed by atoms with Crippen LogP contribution in [0.25, 0.3) is 11.3 Å². The molecule has 0 aliphatic carbocycles. The van der Waals surface area contributed by atoms with Crippen molar-refractivity contribution in [2.24, 2.45) is 0 Å². The topological polar surface area (TPSA) is 56.7 Å². The van der Waals surface area contributed by atoms with Gasteiger partial charge in [-0.25, -0.2) is 13.8 Å². The third-order valence-corrected chi connectivity index (χ3v) is 5.78. The predicted octanol–water partition coefficient (Wildman–Crippen LogP) is 3.46. The molecule has 1 aromatic heterocycles. The molecule has 27 heavy (non-hydrogen) atoms. The number of thiazole rings is 1. The lowest BCUT2D eigenvalue weighted by Crippen LogP contribution is -2.46. The summed E-state index contributed by atoms with van der Waals surface area (Å²) in [7, 11) is 0. The van der Waals surface area contributed by atoms with Gasteiger partial charge in [0.15, 0.2) is 0 Å². The van der Waals surface area contributed by atoms with Gasteiger partial charge in [-0.2, -0.15) is 0 Å². The summed E-state index contributed by atoms with van der Waals surface area (Å²) in [4.78, 5) is 19.6. The van der Waals surface area contributed by atoms with E-state index < -0.39 is 17.6 Å². The van der Waals surface area contributed by atoms with E-state index in [0.717, 1.165) is 37.5 Å². The van der Waals surface area contributed by atoms with Crippen LogP contribution in [0.2, 0.25) is 0 Å². The van der Waals surface area contributed by atoms with Gasteiger partial charge in [0.2, 0.25) is 0 Å². The minimum absolute atomic E-state index is 0.0746. The second-order valence-corrected chi connectivity index (χ2v) is 7.63. The van der Waals surface area contributed by atoms with E-state index in [9.17, 15) is 13.6 Å². The van der Waals surface area contributed by atoms with Crippen molar-refractivity contribution in [2.75, 3.05) is 26.2 Å². The highest BCUT2D eigenvalue weighted by atomic mass is 32.1.